The van der Waals surface area contributed by atoms with Crippen molar-refractivity contribution in [1.82, 2.24) is 15.3 Å². The molecule has 2 heterocycles. The summed E-state index contributed by atoms with van der Waals surface area (Å²) in [5.74, 6) is 1.89. The molecule has 0 aliphatic carbocycles. The number of ether oxygens (including phenoxy) is 1. The predicted octanol–water partition coefficient (Wildman–Crippen LogP) is 1.50. The van der Waals surface area contributed by atoms with Gasteiger partial charge in [-0.1, -0.05) is 6.07 Å². The maximum absolute atomic E-state index is 5.84. The van der Waals surface area contributed by atoms with Crippen LogP contribution in [0.2, 0.25) is 0 Å². The highest BCUT2D eigenvalue weighted by Crippen LogP contribution is 2.25. The Morgan fingerprint density at radius 2 is 2.10 bits per heavy atom. The average molecular weight is 285 g/mol. The number of methoxy groups -OCH3 is 1. The molecule has 110 valence electrons. The van der Waals surface area contributed by atoms with Gasteiger partial charge >= 0.3 is 0 Å². The summed E-state index contributed by atoms with van der Waals surface area (Å²) in [6.07, 6.45) is 1.76. The molecule has 6 heteroatoms. The lowest BCUT2D eigenvalue weighted by Gasteiger charge is -2.14. The van der Waals surface area contributed by atoms with E-state index in [2.05, 4.69) is 20.6 Å². The highest BCUT2D eigenvalue weighted by atomic mass is 16.5. The van der Waals surface area contributed by atoms with E-state index >= 15 is 0 Å². The number of nitrogens with zero attached hydrogens (tertiary/aromatic N) is 2. The van der Waals surface area contributed by atoms with Gasteiger partial charge in [-0.3, -0.25) is 0 Å². The van der Waals surface area contributed by atoms with E-state index in [1.165, 1.54) is 0 Å². The van der Waals surface area contributed by atoms with E-state index in [0.29, 0.717) is 5.95 Å². The van der Waals surface area contributed by atoms with Crippen LogP contribution in [-0.2, 0) is 12.8 Å². The van der Waals surface area contributed by atoms with Crippen molar-refractivity contribution >= 4 is 17.5 Å². The SMILES string of the molecule is COc1cccc(Nc2nc(N)nc3c2CCNCC3)c1. The van der Waals surface area contributed by atoms with Crippen molar-refractivity contribution in [3.8, 4) is 5.75 Å². The van der Waals surface area contributed by atoms with Gasteiger partial charge in [0.15, 0.2) is 0 Å². The molecule has 0 radical (unpaired) electrons. The van der Waals surface area contributed by atoms with Crippen LogP contribution in [0.1, 0.15) is 11.3 Å². The van der Waals surface area contributed by atoms with Crippen LogP contribution in [0.5, 0.6) is 5.75 Å². The molecule has 1 aromatic heterocycles. The second-order valence-electron chi connectivity index (χ2n) is 4.96. The van der Waals surface area contributed by atoms with Crippen LogP contribution in [0.4, 0.5) is 17.5 Å². The zero-order chi connectivity index (χ0) is 14.7. The summed E-state index contributed by atoms with van der Waals surface area (Å²) in [6, 6.07) is 7.75. The summed E-state index contributed by atoms with van der Waals surface area (Å²) >= 11 is 0. The third-order valence-corrected chi connectivity index (χ3v) is 3.53. The van der Waals surface area contributed by atoms with Crippen LogP contribution in [0.3, 0.4) is 0 Å². The van der Waals surface area contributed by atoms with Crippen molar-refractivity contribution < 1.29 is 4.74 Å². The first-order valence-electron chi connectivity index (χ1n) is 7.03. The van der Waals surface area contributed by atoms with E-state index in [4.69, 9.17) is 10.5 Å². The zero-order valence-electron chi connectivity index (χ0n) is 12.0. The molecule has 6 nitrogen and oxygen atoms in total. The van der Waals surface area contributed by atoms with E-state index < -0.39 is 0 Å². The number of hydrogen-bond acceptors (Lipinski definition) is 6. The Balaban J connectivity index is 1.95. The fourth-order valence-electron chi connectivity index (χ4n) is 2.51. The van der Waals surface area contributed by atoms with E-state index in [9.17, 15) is 0 Å². The lowest BCUT2D eigenvalue weighted by molar-refractivity contribution is 0.415. The second-order valence-corrected chi connectivity index (χ2v) is 4.96. The van der Waals surface area contributed by atoms with Gasteiger partial charge in [-0.25, -0.2) is 4.98 Å². The summed E-state index contributed by atoms with van der Waals surface area (Å²) in [4.78, 5) is 8.74. The van der Waals surface area contributed by atoms with Crippen LogP contribution >= 0.6 is 0 Å². The van der Waals surface area contributed by atoms with Gasteiger partial charge < -0.3 is 21.1 Å². The molecular weight excluding hydrogens is 266 g/mol. The number of nitrogens with one attached hydrogen (secondary N) is 2. The number of rotatable bonds is 3. The molecular formula is C15H19N5O. The smallest absolute Gasteiger partial charge is 0.222 e. The minimum Gasteiger partial charge on any atom is -0.497 e. The van der Waals surface area contributed by atoms with Crippen molar-refractivity contribution in [2.24, 2.45) is 0 Å². The summed E-state index contributed by atoms with van der Waals surface area (Å²) in [5.41, 5.74) is 8.92. The van der Waals surface area contributed by atoms with Crippen LogP contribution in [0.25, 0.3) is 0 Å². The topological polar surface area (TPSA) is 85.1 Å². The quantitative estimate of drug-likeness (QED) is 0.792. The van der Waals surface area contributed by atoms with Gasteiger partial charge in [0.05, 0.1) is 12.8 Å². The highest BCUT2D eigenvalue weighted by molar-refractivity contribution is 5.63. The van der Waals surface area contributed by atoms with Crippen LogP contribution in [-0.4, -0.2) is 30.2 Å². The molecule has 0 saturated heterocycles. The molecule has 3 rings (SSSR count). The Morgan fingerprint density at radius 1 is 1.24 bits per heavy atom. The van der Waals surface area contributed by atoms with Crippen LogP contribution in [0.15, 0.2) is 24.3 Å². The third-order valence-electron chi connectivity index (χ3n) is 3.53. The van der Waals surface area contributed by atoms with Gasteiger partial charge in [-0.2, -0.15) is 4.98 Å². The number of benzene rings is 1. The van der Waals surface area contributed by atoms with Crippen molar-refractivity contribution in [3.63, 3.8) is 0 Å². The minimum absolute atomic E-state index is 0.307. The van der Waals surface area contributed by atoms with Gasteiger partial charge in [0.2, 0.25) is 5.95 Å². The van der Waals surface area contributed by atoms with Gasteiger partial charge in [0, 0.05) is 30.3 Å². The average Bonchev–Trinajstić information content (AvgIpc) is 2.73. The molecule has 1 aliphatic rings. The Hall–Kier alpha value is -2.34. The Morgan fingerprint density at radius 3 is 2.95 bits per heavy atom. The number of fused-ring (bicyclic) bond motifs is 1. The normalized spacial score (nSPS) is 14.1. The third kappa shape index (κ3) is 3.05. The highest BCUT2D eigenvalue weighted by Gasteiger charge is 2.16. The fraction of sp³-hybridized carbons (Fsp3) is 0.333. The minimum atomic E-state index is 0.307. The maximum atomic E-state index is 5.84. The summed E-state index contributed by atoms with van der Waals surface area (Å²) in [7, 11) is 1.65. The van der Waals surface area contributed by atoms with E-state index in [1.807, 2.05) is 24.3 Å². The lowest BCUT2D eigenvalue weighted by atomic mass is 10.1. The summed E-state index contributed by atoms with van der Waals surface area (Å²) < 4.78 is 5.24. The molecule has 0 saturated carbocycles. The number of nitrogen functional groups attached to an aromatic ring is 1. The van der Waals surface area contributed by atoms with Crippen molar-refractivity contribution in [3.05, 3.63) is 35.5 Å². The zero-order valence-corrected chi connectivity index (χ0v) is 12.0. The van der Waals surface area contributed by atoms with Crippen LogP contribution < -0.4 is 21.1 Å². The maximum Gasteiger partial charge on any atom is 0.222 e. The first-order valence-corrected chi connectivity index (χ1v) is 7.03. The molecule has 0 bridgehead atoms. The number of anilines is 3. The second kappa shape index (κ2) is 5.97. The van der Waals surface area contributed by atoms with Gasteiger partial charge in [0.25, 0.3) is 0 Å². The molecule has 0 amide bonds. The molecule has 2 aromatic rings. The van der Waals surface area contributed by atoms with Crippen molar-refractivity contribution in [1.29, 1.82) is 0 Å². The van der Waals surface area contributed by atoms with E-state index in [-0.39, 0.29) is 0 Å². The van der Waals surface area contributed by atoms with E-state index in [1.54, 1.807) is 7.11 Å². The lowest BCUT2D eigenvalue weighted by Crippen LogP contribution is -2.16. The molecule has 1 aromatic carbocycles. The molecule has 0 spiro atoms. The monoisotopic (exact) mass is 285 g/mol. The van der Waals surface area contributed by atoms with E-state index in [0.717, 1.165) is 54.4 Å². The van der Waals surface area contributed by atoms with Crippen molar-refractivity contribution in [2.45, 2.75) is 12.8 Å². The Kier molecular flexibility index (Phi) is 3.87. The standard InChI is InChI=1S/C15H19N5O/c1-21-11-4-2-3-10(9-11)18-14-12-5-7-17-8-6-13(12)19-15(16)20-14/h2-4,9,17H,5-8H2,1H3,(H3,16,18,19,20). The first-order chi connectivity index (χ1) is 10.3. The molecule has 0 fully saturated rings. The number of hydrogen-bond donors (Lipinski definition) is 3. The molecule has 21 heavy (non-hydrogen) atoms. The summed E-state index contributed by atoms with van der Waals surface area (Å²) in [5, 5.41) is 6.70. The Labute approximate surface area is 123 Å². The van der Waals surface area contributed by atoms with Gasteiger partial charge in [0.1, 0.15) is 11.6 Å². The number of nitrogens with two attached hydrogens (primary N) is 1. The Bertz CT molecular complexity index is 644. The fourth-order valence-corrected chi connectivity index (χ4v) is 2.51. The van der Waals surface area contributed by atoms with Gasteiger partial charge in [-0.15, -0.1) is 0 Å². The first kappa shape index (κ1) is 13.6. The molecule has 1 aliphatic heterocycles. The van der Waals surface area contributed by atoms with Crippen LogP contribution in [0, 0.1) is 0 Å². The molecule has 4 N–H and O–H groups in total. The molecule has 0 unspecified atom stereocenters. The van der Waals surface area contributed by atoms with Gasteiger partial charge in [-0.05, 0) is 25.1 Å². The summed E-state index contributed by atoms with van der Waals surface area (Å²) in [6.45, 7) is 1.84. The number of aromatic nitrogens is 2. The largest absolute Gasteiger partial charge is 0.497 e. The van der Waals surface area contributed by atoms with Crippen molar-refractivity contribution in [2.75, 3.05) is 31.2 Å². The predicted molar refractivity (Wildman–Crippen MR) is 83.0 cm³/mol. The molecule has 0 atom stereocenters.